The van der Waals surface area contributed by atoms with E-state index >= 15 is 0 Å². The number of oxazole rings is 1. The highest BCUT2D eigenvalue weighted by atomic mass is 16.3. The van der Waals surface area contributed by atoms with E-state index in [0.29, 0.717) is 17.8 Å². The zero-order valence-electron chi connectivity index (χ0n) is 15.0. The average molecular weight is 364 g/mol. The van der Waals surface area contributed by atoms with Crippen LogP contribution in [0.2, 0.25) is 0 Å². The molecule has 0 saturated heterocycles. The van der Waals surface area contributed by atoms with Gasteiger partial charge in [-0.15, -0.1) is 0 Å². The second-order valence-corrected chi connectivity index (χ2v) is 7.01. The molecule has 6 rings (SSSR count). The van der Waals surface area contributed by atoms with Crippen LogP contribution < -0.4 is 4.90 Å². The van der Waals surface area contributed by atoms with Gasteiger partial charge in [-0.1, -0.05) is 60.7 Å². The lowest BCUT2D eigenvalue weighted by Crippen LogP contribution is -2.23. The number of carbonyl (C=O) groups is 1. The zero-order valence-corrected chi connectivity index (χ0v) is 15.0. The first-order chi connectivity index (χ1) is 13.8. The summed E-state index contributed by atoms with van der Waals surface area (Å²) < 4.78 is 8.26. The quantitative estimate of drug-likeness (QED) is 0.414. The third-order valence-corrected chi connectivity index (χ3v) is 5.43. The molecular weight excluding hydrogens is 348 g/mol. The van der Waals surface area contributed by atoms with Gasteiger partial charge >= 0.3 is 0 Å². The largest absolute Gasteiger partial charge is 0.437 e. The van der Waals surface area contributed by atoms with Gasteiger partial charge in [0.25, 0.3) is 5.91 Å². The van der Waals surface area contributed by atoms with E-state index < -0.39 is 0 Å². The van der Waals surface area contributed by atoms with Gasteiger partial charge in [0.1, 0.15) is 5.56 Å². The van der Waals surface area contributed by atoms with E-state index in [2.05, 4.69) is 16.5 Å². The monoisotopic (exact) mass is 364 g/mol. The zero-order chi connectivity index (χ0) is 18.7. The van der Waals surface area contributed by atoms with Crippen molar-refractivity contribution in [3.63, 3.8) is 0 Å². The van der Waals surface area contributed by atoms with Crippen molar-refractivity contribution in [3.8, 4) is 11.3 Å². The summed E-state index contributed by atoms with van der Waals surface area (Å²) in [4.78, 5) is 15.2. The Hall–Kier alpha value is -3.79. The van der Waals surface area contributed by atoms with Crippen LogP contribution in [0.15, 0.2) is 89.3 Å². The lowest BCUT2D eigenvalue weighted by molar-refractivity contribution is 0.0997. The second kappa shape index (κ2) is 5.60. The normalized spacial score (nSPS) is 13.6. The van der Waals surface area contributed by atoms with Crippen molar-refractivity contribution in [2.75, 3.05) is 4.90 Å². The Morgan fingerprint density at radius 1 is 0.786 bits per heavy atom. The lowest BCUT2D eigenvalue weighted by Gasteiger charge is -2.16. The molecule has 0 atom stereocenters. The molecule has 4 heteroatoms. The van der Waals surface area contributed by atoms with Crippen LogP contribution in [0.1, 0.15) is 15.9 Å². The summed E-state index contributed by atoms with van der Waals surface area (Å²) in [5, 5.41) is 0. The fourth-order valence-corrected chi connectivity index (χ4v) is 4.21. The van der Waals surface area contributed by atoms with Crippen LogP contribution >= 0.6 is 0 Å². The van der Waals surface area contributed by atoms with Gasteiger partial charge < -0.3 is 9.32 Å². The molecule has 0 radical (unpaired) electrons. The molecular formula is C24H16N2O2. The first-order valence-electron chi connectivity index (χ1n) is 9.30. The van der Waals surface area contributed by atoms with E-state index in [4.69, 9.17) is 4.42 Å². The number of para-hydroxylation sites is 3. The van der Waals surface area contributed by atoms with Crippen molar-refractivity contribution in [2.45, 2.75) is 6.54 Å². The third-order valence-electron chi connectivity index (χ3n) is 5.43. The predicted octanol–water partition coefficient (Wildman–Crippen LogP) is 5.51. The summed E-state index contributed by atoms with van der Waals surface area (Å²) in [5.41, 5.74) is 7.07. The fourth-order valence-electron chi connectivity index (χ4n) is 4.21. The van der Waals surface area contributed by atoms with E-state index in [0.717, 1.165) is 33.6 Å². The van der Waals surface area contributed by atoms with Crippen molar-refractivity contribution in [2.24, 2.45) is 0 Å². The van der Waals surface area contributed by atoms with Crippen LogP contribution in [0.5, 0.6) is 0 Å². The molecule has 0 spiro atoms. The first-order valence-corrected chi connectivity index (χ1v) is 9.30. The number of aromatic nitrogens is 1. The van der Waals surface area contributed by atoms with Crippen molar-refractivity contribution in [3.05, 3.63) is 96.1 Å². The molecule has 0 fully saturated rings. The summed E-state index contributed by atoms with van der Waals surface area (Å²) in [6.45, 7) is 0.536. The molecule has 0 saturated carbocycles. The molecule has 1 aliphatic rings. The number of anilines is 1. The maximum Gasteiger partial charge on any atom is 0.264 e. The van der Waals surface area contributed by atoms with E-state index in [9.17, 15) is 4.79 Å². The number of amides is 1. The second-order valence-electron chi connectivity index (χ2n) is 7.01. The van der Waals surface area contributed by atoms with Gasteiger partial charge in [-0.3, -0.25) is 9.20 Å². The Morgan fingerprint density at radius 3 is 2.25 bits per heavy atom. The lowest BCUT2D eigenvalue weighted by atomic mass is 10.1. The van der Waals surface area contributed by atoms with E-state index in [-0.39, 0.29) is 5.91 Å². The molecule has 1 amide bonds. The standard InChI is InChI=1S/C24H16N2O2/c27-23-21-18(15-25(23)17-11-5-2-6-12-17)22(16-9-3-1-4-10-16)26-19-13-7-8-14-20(19)28-24(21)26/h1-14H,15H2. The van der Waals surface area contributed by atoms with Gasteiger partial charge in [-0.05, 0) is 29.8 Å². The molecule has 0 bridgehead atoms. The Balaban J connectivity index is 1.68. The Bertz CT molecular complexity index is 1350. The summed E-state index contributed by atoms with van der Waals surface area (Å²) >= 11 is 0. The minimum Gasteiger partial charge on any atom is -0.437 e. The third kappa shape index (κ3) is 1.97. The highest BCUT2D eigenvalue weighted by Crippen LogP contribution is 2.42. The average Bonchev–Trinajstić information content (AvgIpc) is 3.37. The first kappa shape index (κ1) is 15.3. The highest BCUT2D eigenvalue weighted by molar-refractivity contribution is 6.16. The molecule has 1 aliphatic heterocycles. The topological polar surface area (TPSA) is 37.9 Å². The van der Waals surface area contributed by atoms with Crippen LogP contribution in [-0.4, -0.2) is 10.3 Å². The minimum atomic E-state index is -0.0139. The van der Waals surface area contributed by atoms with Crippen molar-refractivity contribution < 1.29 is 9.21 Å². The maximum atomic E-state index is 13.4. The van der Waals surface area contributed by atoms with Crippen molar-refractivity contribution in [1.29, 1.82) is 0 Å². The van der Waals surface area contributed by atoms with E-state index in [1.54, 1.807) is 0 Å². The SMILES string of the molecule is O=C1c2c(c(-c3ccccc3)n3c2oc2ccccc23)CN1c1ccccc1. The van der Waals surface area contributed by atoms with Gasteiger partial charge in [0.05, 0.1) is 17.8 Å². The van der Waals surface area contributed by atoms with Crippen LogP contribution in [0.25, 0.3) is 28.1 Å². The number of hydrogen-bond acceptors (Lipinski definition) is 2. The number of rotatable bonds is 2. The summed E-state index contributed by atoms with van der Waals surface area (Å²) in [6, 6.07) is 27.9. The van der Waals surface area contributed by atoms with E-state index in [1.807, 2.05) is 77.7 Å². The Morgan fingerprint density at radius 2 is 1.46 bits per heavy atom. The molecule has 0 aliphatic carbocycles. The highest BCUT2D eigenvalue weighted by Gasteiger charge is 2.38. The van der Waals surface area contributed by atoms with Crippen LogP contribution in [0.4, 0.5) is 5.69 Å². The van der Waals surface area contributed by atoms with E-state index in [1.165, 1.54) is 0 Å². The maximum absolute atomic E-state index is 13.4. The molecule has 5 aromatic rings. The molecule has 2 aromatic heterocycles. The summed E-state index contributed by atoms with van der Waals surface area (Å²) in [5.74, 6) is -0.0139. The van der Waals surface area contributed by atoms with Gasteiger partial charge in [0.15, 0.2) is 5.58 Å². The molecule has 28 heavy (non-hydrogen) atoms. The van der Waals surface area contributed by atoms with Crippen LogP contribution in [-0.2, 0) is 6.54 Å². The smallest absolute Gasteiger partial charge is 0.264 e. The Labute approximate surface area is 161 Å². The molecule has 134 valence electrons. The molecule has 0 N–H and O–H groups in total. The summed E-state index contributed by atoms with van der Waals surface area (Å²) in [7, 11) is 0. The molecule has 3 heterocycles. The van der Waals surface area contributed by atoms with Crippen molar-refractivity contribution in [1.82, 2.24) is 4.40 Å². The van der Waals surface area contributed by atoms with Gasteiger partial charge in [-0.25, -0.2) is 0 Å². The molecule has 3 aromatic carbocycles. The minimum absolute atomic E-state index is 0.0139. The number of benzene rings is 3. The number of fused-ring (bicyclic) bond motifs is 5. The van der Waals surface area contributed by atoms with Crippen LogP contribution in [0, 0.1) is 0 Å². The van der Waals surface area contributed by atoms with Crippen molar-refractivity contribution >= 4 is 28.4 Å². The Kier molecular flexibility index (Phi) is 3.06. The number of carbonyl (C=O) groups excluding carboxylic acids is 1. The summed E-state index contributed by atoms with van der Waals surface area (Å²) in [6.07, 6.45) is 0. The van der Waals surface area contributed by atoms with Gasteiger partial charge in [-0.2, -0.15) is 0 Å². The predicted molar refractivity (Wildman–Crippen MR) is 110 cm³/mol. The molecule has 4 nitrogen and oxygen atoms in total. The number of hydrogen-bond donors (Lipinski definition) is 0. The van der Waals surface area contributed by atoms with Crippen LogP contribution in [0.3, 0.4) is 0 Å². The van der Waals surface area contributed by atoms with Gasteiger partial charge in [0, 0.05) is 11.3 Å². The fraction of sp³-hybridized carbons (Fsp3) is 0.0417. The number of nitrogens with zero attached hydrogens (tertiary/aromatic N) is 2. The molecule has 0 unspecified atom stereocenters. The van der Waals surface area contributed by atoms with Gasteiger partial charge in [0.2, 0.25) is 5.71 Å².